The van der Waals surface area contributed by atoms with Crippen molar-refractivity contribution in [2.45, 2.75) is 29.3 Å². The summed E-state index contributed by atoms with van der Waals surface area (Å²) in [5.74, 6) is -0.348. The Labute approximate surface area is 102 Å². The number of esters is 1. The molecule has 0 spiro atoms. The first-order valence-corrected chi connectivity index (χ1v) is 5.36. The van der Waals surface area contributed by atoms with Gasteiger partial charge in [0.15, 0.2) is 0 Å². The Balaban J connectivity index is 2.68. The zero-order valence-corrected chi connectivity index (χ0v) is 10.4. The fourth-order valence-electron chi connectivity index (χ4n) is 1.15. The summed E-state index contributed by atoms with van der Waals surface area (Å²) < 4.78 is 8.07. The molecule has 0 radical (unpaired) electrons. The van der Waals surface area contributed by atoms with Gasteiger partial charge >= 0.3 is 5.97 Å². The monoisotopic (exact) mass is 273 g/mol. The van der Waals surface area contributed by atoms with Gasteiger partial charge in [-0.3, -0.25) is 4.79 Å². The van der Waals surface area contributed by atoms with Crippen LogP contribution in [0.25, 0.3) is 0 Å². The summed E-state index contributed by atoms with van der Waals surface area (Å²) in [5.41, 5.74) is 0. The van der Waals surface area contributed by atoms with Crippen LogP contribution >= 0.6 is 34.8 Å². The van der Waals surface area contributed by atoms with Crippen LogP contribution in [0.2, 0.25) is 0 Å². The van der Waals surface area contributed by atoms with Crippen LogP contribution in [0.1, 0.15) is 13.3 Å². The molecule has 1 unspecified atom stereocenters. The fraction of sp³-hybridized carbons (Fsp3) is 0.750. The van der Waals surface area contributed by atoms with Gasteiger partial charge in [-0.2, -0.15) is 0 Å². The fourth-order valence-corrected chi connectivity index (χ4v) is 1.43. The molecule has 4 nitrogen and oxygen atoms in total. The molecule has 0 fully saturated rings. The predicted molar refractivity (Wildman–Crippen MR) is 58.7 cm³/mol. The molecule has 1 aliphatic heterocycles. The average Bonchev–Trinajstić information content (AvgIpc) is 2.47. The second kappa shape index (κ2) is 4.76. The van der Waals surface area contributed by atoms with E-state index in [1.165, 1.54) is 7.11 Å². The van der Waals surface area contributed by atoms with E-state index in [4.69, 9.17) is 39.5 Å². The number of halogens is 3. The Hall–Kier alpha value is -0.190. The zero-order valence-electron chi connectivity index (χ0n) is 8.17. The Bertz CT molecular complexity index is 287. The van der Waals surface area contributed by atoms with Crippen LogP contribution in [0.4, 0.5) is 0 Å². The summed E-state index contributed by atoms with van der Waals surface area (Å²) in [6.07, 6.45) is -0.184. The zero-order chi connectivity index (χ0) is 11.6. The molecule has 1 rings (SSSR count). The molecule has 0 N–H and O–H groups in total. The molecule has 0 bridgehead atoms. The maximum Gasteiger partial charge on any atom is 0.307 e. The highest BCUT2D eigenvalue weighted by molar-refractivity contribution is 6.76. The first kappa shape index (κ1) is 12.9. The highest BCUT2D eigenvalue weighted by Gasteiger charge is 2.39. The quantitative estimate of drug-likeness (QED) is 0.572. The summed E-state index contributed by atoms with van der Waals surface area (Å²) in [7, 11) is 1.31. The van der Waals surface area contributed by atoms with Crippen molar-refractivity contribution in [3.8, 4) is 0 Å². The normalized spacial score (nSPS) is 25.8. The number of hydrogen-bond donors (Lipinski definition) is 0. The van der Waals surface area contributed by atoms with Crippen molar-refractivity contribution >= 4 is 46.7 Å². The lowest BCUT2D eigenvalue weighted by molar-refractivity contribution is -0.141. The molecule has 0 aromatic carbocycles. The lowest BCUT2D eigenvalue weighted by Gasteiger charge is -2.13. The second-order valence-electron chi connectivity index (χ2n) is 3.10. The van der Waals surface area contributed by atoms with Crippen LogP contribution in [0.15, 0.2) is 4.99 Å². The van der Waals surface area contributed by atoms with Crippen LogP contribution in [0.5, 0.6) is 0 Å². The number of ether oxygens (including phenoxy) is 2. The number of aliphatic imine (C=N–C) groups is 1. The molecule has 0 aliphatic carbocycles. The lowest BCUT2D eigenvalue weighted by atomic mass is 10.1. The molecular formula is C8H10Cl3NO3. The third-order valence-electron chi connectivity index (χ3n) is 1.97. The van der Waals surface area contributed by atoms with Crippen LogP contribution in [-0.2, 0) is 14.3 Å². The van der Waals surface area contributed by atoms with Gasteiger partial charge in [-0.25, -0.2) is 4.99 Å². The van der Waals surface area contributed by atoms with E-state index in [1.54, 1.807) is 6.92 Å². The second-order valence-corrected chi connectivity index (χ2v) is 5.38. The van der Waals surface area contributed by atoms with Crippen molar-refractivity contribution in [3.63, 3.8) is 0 Å². The van der Waals surface area contributed by atoms with E-state index in [2.05, 4.69) is 9.73 Å². The molecule has 1 aliphatic rings. The van der Waals surface area contributed by atoms with E-state index in [1.807, 2.05) is 0 Å². The summed E-state index contributed by atoms with van der Waals surface area (Å²) in [5, 5.41) is 0. The van der Waals surface area contributed by atoms with Gasteiger partial charge in [0.05, 0.1) is 13.5 Å². The number of nitrogens with zero attached hydrogens (tertiary/aromatic N) is 1. The smallest absolute Gasteiger partial charge is 0.307 e. The number of rotatable bonds is 2. The van der Waals surface area contributed by atoms with Gasteiger partial charge in [-0.1, -0.05) is 34.8 Å². The molecule has 0 aromatic rings. The molecule has 86 valence electrons. The van der Waals surface area contributed by atoms with Gasteiger partial charge in [0, 0.05) is 0 Å². The van der Waals surface area contributed by atoms with Crippen LogP contribution in [-0.4, -0.2) is 34.9 Å². The third kappa shape index (κ3) is 3.40. The number of alkyl halides is 3. The van der Waals surface area contributed by atoms with Crippen molar-refractivity contribution < 1.29 is 14.3 Å². The summed E-state index contributed by atoms with van der Waals surface area (Å²) in [6.45, 7) is 1.75. The van der Waals surface area contributed by atoms with Crippen LogP contribution in [0.3, 0.4) is 0 Å². The minimum Gasteiger partial charge on any atom is -0.473 e. The van der Waals surface area contributed by atoms with E-state index >= 15 is 0 Å². The molecule has 0 aromatic heterocycles. The summed E-state index contributed by atoms with van der Waals surface area (Å²) >= 11 is 16.8. The minimum absolute atomic E-state index is 0.0221. The van der Waals surface area contributed by atoms with E-state index in [-0.39, 0.29) is 30.4 Å². The Morgan fingerprint density at radius 2 is 2.20 bits per heavy atom. The number of carbonyl (C=O) groups is 1. The largest absolute Gasteiger partial charge is 0.473 e. The molecule has 1 heterocycles. The topological polar surface area (TPSA) is 47.9 Å². The molecule has 7 heteroatoms. The van der Waals surface area contributed by atoms with Crippen molar-refractivity contribution in [2.24, 2.45) is 4.99 Å². The van der Waals surface area contributed by atoms with Crippen LogP contribution < -0.4 is 0 Å². The standard InChI is InChI=1S/C8H10Cl3NO3/c1-4-5(3-6(13)14-2)12-7(15-4)8(9,10)11/h4-5H,3H2,1-2H3/t4-,5?/m0/s1. The van der Waals surface area contributed by atoms with Crippen molar-refractivity contribution in [1.29, 1.82) is 0 Å². The summed E-state index contributed by atoms with van der Waals surface area (Å²) in [6, 6.07) is -0.358. The van der Waals surface area contributed by atoms with Crippen LogP contribution in [0, 0.1) is 0 Å². The van der Waals surface area contributed by atoms with E-state index in [9.17, 15) is 4.79 Å². The maximum absolute atomic E-state index is 11.0. The molecule has 0 amide bonds. The van der Waals surface area contributed by atoms with Crippen molar-refractivity contribution in [3.05, 3.63) is 0 Å². The molecule has 0 saturated carbocycles. The first-order valence-electron chi connectivity index (χ1n) is 4.23. The van der Waals surface area contributed by atoms with Gasteiger partial charge in [-0.15, -0.1) is 0 Å². The number of methoxy groups -OCH3 is 1. The van der Waals surface area contributed by atoms with Crippen molar-refractivity contribution in [2.75, 3.05) is 7.11 Å². The lowest BCUT2D eigenvalue weighted by Crippen LogP contribution is -2.24. The molecule has 15 heavy (non-hydrogen) atoms. The Kier molecular flexibility index (Phi) is 4.09. The van der Waals surface area contributed by atoms with E-state index in [0.717, 1.165) is 0 Å². The highest BCUT2D eigenvalue weighted by Crippen LogP contribution is 2.33. The van der Waals surface area contributed by atoms with Gasteiger partial charge in [-0.05, 0) is 6.92 Å². The molecular weight excluding hydrogens is 264 g/mol. The van der Waals surface area contributed by atoms with Gasteiger partial charge in [0.25, 0.3) is 3.79 Å². The van der Waals surface area contributed by atoms with Gasteiger partial charge in [0.1, 0.15) is 12.1 Å². The summed E-state index contributed by atoms with van der Waals surface area (Å²) in [4.78, 5) is 15.0. The van der Waals surface area contributed by atoms with Gasteiger partial charge < -0.3 is 9.47 Å². The predicted octanol–water partition coefficient (Wildman–Crippen LogP) is 2.11. The molecule has 0 saturated heterocycles. The average molecular weight is 275 g/mol. The van der Waals surface area contributed by atoms with Crippen molar-refractivity contribution in [1.82, 2.24) is 0 Å². The number of carbonyl (C=O) groups excluding carboxylic acids is 1. The Morgan fingerprint density at radius 1 is 1.60 bits per heavy atom. The first-order chi connectivity index (χ1) is 6.84. The third-order valence-corrected chi connectivity index (χ3v) is 2.45. The van der Waals surface area contributed by atoms with Gasteiger partial charge in [0.2, 0.25) is 5.90 Å². The maximum atomic E-state index is 11.0. The number of hydrogen-bond acceptors (Lipinski definition) is 4. The SMILES string of the molecule is COC(=O)CC1N=C(C(Cl)(Cl)Cl)O[C@H]1C. The molecule has 2 atom stereocenters. The van der Waals surface area contributed by atoms with E-state index < -0.39 is 3.79 Å². The highest BCUT2D eigenvalue weighted by atomic mass is 35.6. The Morgan fingerprint density at radius 3 is 2.60 bits per heavy atom. The minimum atomic E-state index is -1.68. The van der Waals surface area contributed by atoms with E-state index in [0.29, 0.717) is 0 Å².